The Morgan fingerprint density at radius 3 is 1.19 bits per heavy atom. The molecule has 0 N–H and O–H groups in total. The molecule has 26 heavy (non-hydrogen) atoms. The quantitative estimate of drug-likeness (QED) is 0.240. The van der Waals surface area contributed by atoms with Gasteiger partial charge in [0.1, 0.15) is 0 Å². The van der Waals surface area contributed by atoms with Crippen LogP contribution in [0.5, 0.6) is 0 Å². The summed E-state index contributed by atoms with van der Waals surface area (Å²) in [6.45, 7) is 7.85. The molecule has 0 aromatic rings. The molecule has 0 aliphatic heterocycles. The summed E-state index contributed by atoms with van der Waals surface area (Å²) in [7, 11) is 3.27. The van der Waals surface area contributed by atoms with Crippen LogP contribution in [0.3, 0.4) is 0 Å². The average molecular weight is 376 g/mol. The van der Waals surface area contributed by atoms with Crippen molar-refractivity contribution in [2.45, 2.75) is 71.1 Å². The van der Waals surface area contributed by atoms with Crippen molar-refractivity contribution in [2.75, 3.05) is 59.5 Å². The zero-order valence-corrected chi connectivity index (χ0v) is 17.2. The highest BCUT2D eigenvalue weighted by atomic mass is 16.6. The van der Waals surface area contributed by atoms with Crippen LogP contribution in [0.1, 0.15) is 71.1 Å². The summed E-state index contributed by atoms with van der Waals surface area (Å²) in [6, 6.07) is 0. The molecular weight excluding hydrogens is 332 g/mol. The molecule has 0 saturated carbocycles. The number of rotatable bonds is 23. The second kappa shape index (κ2) is 24.8. The van der Waals surface area contributed by atoms with E-state index in [2.05, 4.69) is 18.8 Å². The summed E-state index contributed by atoms with van der Waals surface area (Å²) < 4.78 is 26.3. The van der Waals surface area contributed by atoms with Gasteiger partial charge in [-0.25, -0.2) is 0 Å². The highest BCUT2D eigenvalue weighted by molar-refractivity contribution is 4.47. The Balaban J connectivity index is 2.95. The van der Waals surface area contributed by atoms with Crippen molar-refractivity contribution in [1.29, 1.82) is 0 Å². The Morgan fingerprint density at radius 1 is 0.423 bits per heavy atom. The Hall–Kier alpha value is -0.200. The molecule has 0 rings (SSSR count). The number of hydrogen-bond acceptors (Lipinski definition) is 5. The van der Waals surface area contributed by atoms with E-state index in [0.29, 0.717) is 52.9 Å². The van der Waals surface area contributed by atoms with E-state index in [1.165, 1.54) is 57.8 Å². The van der Waals surface area contributed by atoms with Crippen molar-refractivity contribution in [3.8, 4) is 0 Å². The molecule has 0 atom stereocenters. The normalized spacial score (nSPS) is 11.3. The van der Waals surface area contributed by atoms with E-state index in [-0.39, 0.29) is 0 Å². The van der Waals surface area contributed by atoms with Crippen LogP contribution in [0, 0.1) is 7.11 Å². The second-order valence-electron chi connectivity index (χ2n) is 6.54. The molecule has 0 aromatic heterocycles. The lowest BCUT2D eigenvalue weighted by Gasteiger charge is -2.07. The maximum atomic E-state index is 5.59. The van der Waals surface area contributed by atoms with Crippen LogP contribution in [0.25, 0.3) is 0 Å². The third kappa shape index (κ3) is 23.8. The molecule has 0 aliphatic carbocycles. The predicted octanol–water partition coefficient (Wildman–Crippen LogP) is 4.78. The van der Waals surface area contributed by atoms with E-state index in [1.807, 2.05) is 0 Å². The van der Waals surface area contributed by atoms with Crippen molar-refractivity contribution in [2.24, 2.45) is 0 Å². The van der Waals surface area contributed by atoms with Crippen LogP contribution < -0.4 is 0 Å². The van der Waals surface area contributed by atoms with E-state index >= 15 is 0 Å². The summed E-state index contributed by atoms with van der Waals surface area (Å²) in [5.74, 6) is 0. The van der Waals surface area contributed by atoms with Gasteiger partial charge in [-0.3, -0.25) is 0 Å². The third-order valence-electron chi connectivity index (χ3n) is 4.13. The highest BCUT2D eigenvalue weighted by Crippen LogP contribution is 2.10. The first-order valence-electron chi connectivity index (χ1n) is 10.6. The molecule has 0 unspecified atom stereocenters. The molecule has 0 amide bonds. The van der Waals surface area contributed by atoms with Gasteiger partial charge in [0.2, 0.25) is 0 Å². The van der Waals surface area contributed by atoms with E-state index in [9.17, 15) is 0 Å². The minimum Gasteiger partial charge on any atom is -0.379 e. The van der Waals surface area contributed by atoms with Crippen molar-refractivity contribution in [3.63, 3.8) is 0 Å². The van der Waals surface area contributed by atoms with Gasteiger partial charge in [-0.05, 0) is 6.42 Å². The SMILES string of the molecule is [CH2]OCCOCCOCCOCCOCCCCCCCCCCCC. The first-order valence-corrected chi connectivity index (χ1v) is 10.6. The van der Waals surface area contributed by atoms with Gasteiger partial charge in [-0.15, -0.1) is 0 Å². The molecule has 0 aromatic carbocycles. The van der Waals surface area contributed by atoms with Crippen molar-refractivity contribution >= 4 is 0 Å². The van der Waals surface area contributed by atoms with Gasteiger partial charge >= 0.3 is 0 Å². The Labute approximate surface area is 162 Å². The number of hydrogen-bond donors (Lipinski definition) is 0. The van der Waals surface area contributed by atoms with Gasteiger partial charge in [0, 0.05) is 6.61 Å². The van der Waals surface area contributed by atoms with Gasteiger partial charge in [-0.2, -0.15) is 0 Å². The molecule has 1 radical (unpaired) electrons. The minimum atomic E-state index is 0.516. The van der Waals surface area contributed by atoms with Crippen molar-refractivity contribution in [1.82, 2.24) is 0 Å². The summed E-state index contributed by atoms with van der Waals surface area (Å²) in [5.41, 5.74) is 0. The maximum Gasteiger partial charge on any atom is 0.0701 e. The third-order valence-corrected chi connectivity index (χ3v) is 4.13. The lowest BCUT2D eigenvalue weighted by atomic mass is 10.1. The van der Waals surface area contributed by atoms with Crippen LogP contribution in [0.15, 0.2) is 0 Å². The van der Waals surface area contributed by atoms with E-state index < -0.39 is 0 Å². The van der Waals surface area contributed by atoms with Gasteiger partial charge in [0.05, 0.1) is 60.0 Å². The topological polar surface area (TPSA) is 46.2 Å². The van der Waals surface area contributed by atoms with E-state index in [4.69, 9.17) is 18.9 Å². The standard InChI is InChI=1S/C21H43O5/c1-3-4-5-6-7-8-9-10-11-12-13-23-16-17-25-20-21-26-19-18-24-15-14-22-2/h2-21H2,1H3. The molecular formula is C21H43O5. The molecule has 0 fully saturated rings. The first-order chi connectivity index (χ1) is 12.9. The second-order valence-corrected chi connectivity index (χ2v) is 6.54. The van der Waals surface area contributed by atoms with Crippen molar-refractivity contribution in [3.05, 3.63) is 7.11 Å². The van der Waals surface area contributed by atoms with Crippen LogP contribution >= 0.6 is 0 Å². The molecule has 0 heterocycles. The molecule has 157 valence electrons. The molecule has 5 nitrogen and oxygen atoms in total. The summed E-state index contributed by atoms with van der Waals surface area (Å²) in [5, 5.41) is 0. The monoisotopic (exact) mass is 375 g/mol. The minimum absolute atomic E-state index is 0.516. The zero-order chi connectivity index (χ0) is 19.0. The fourth-order valence-electron chi connectivity index (χ4n) is 2.57. The summed E-state index contributed by atoms with van der Waals surface area (Å²) >= 11 is 0. The lowest BCUT2D eigenvalue weighted by Crippen LogP contribution is -2.13. The number of ether oxygens (including phenoxy) is 5. The van der Waals surface area contributed by atoms with Gasteiger partial charge < -0.3 is 23.7 Å². The van der Waals surface area contributed by atoms with Gasteiger partial charge in [0.15, 0.2) is 0 Å². The largest absolute Gasteiger partial charge is 0.379 e. The summed E-state index contributed by atoms with van der Waals surface area (Å²) in [6.07, 6.45) is 13.6. The molecule has 0 aliphatic rings. The van der Waals surface area contributed by atoms with Crippen LogP contribution in [0.4, 0.5) is 0 Å². The van der Waals surface area contributed by atoms with Crippen LogP contribution in [-0.4, -0.2) is 59.5 Å². The summed E-state index contributed by atoms with van der Waals surface area (Å²) in [4.78, 5) is 0. The fourth-order valence-corrected chi connectivity index (χ4v) is 2.57. The molecule has 0 spiro atoms. The smallest absolute Gasteiger partial charge is 0.0701 e. The fraction of sp³-hybridized carbons (Fsp3) is 0.952. The lowest BCUT2D eigenvalue weighted by molar-refractivity contribution is -0.00662. The average Bonchev–Trinajstić information content (AvgIpc) is 2.66. The van der Waals surface area contributed by atoms with Gasteiger partial charge in [-0.1, -0.05) is 64.7 Å². The zero-order valence-electron chi connectivity index (χ0n) is 17.2. The Bertz CT molecular complexity index is 214. The molecule has 5 heteroatoms. The molecule has 0 saturated heterocycles. The van der Waals surface area contributed by atoms with Crippen molar-refractivity contribution < 1.29 is 23.7 Å². The van der Waals surface area contributed by atoms with Gasteiger partial charge in [0.25, 0.3) is 0 Å². The first kappa shape index (κ1) is 25.8. The predicted molar refractivity (Wildman–Crippen MR) is 106 cm³/mol. The molecule has 0 bridgehead atoms. The van der Waals surface area contributed by atoms with Crippen LogP contribution in [-0.2, 0) is 23.7 Å². The van der Waals surface area contributed by atoms with E-state index in [1.54, 1.807) is 0 Å². The highest BCUT2D eigenvalue weighted by Gasteiger charge is 1.95. The Morgan fingerprint density at radius 2 is 0.769 bits per heavy atom. The number of unbranched alkanes of at least 4 members (excludes halogenated alkanes) is 9. The van der Waals surface area contributed by atoms with E-state index in [0.717, 1.165) is 13.0 Å². The Kier molecular flexibility index (Phi) is 24.6. The maximum absolute atomic E-state index is 5.59. The van der Waals surface area contributed by atoms with Crippen LogP contribution in [0.2, 0.25) is 0 Å².